The molecule has 0 radical (unpaired) electrons. The second-order valence-electron chi connectivity index (χ2n) is 2.58. The molecule has 0 saturated heterocycles. The molecule has 1 aromatic rings. The molecule has 3 nitrogen and oxygen atoms in total. The van der Waals surface area contributed by atoms with E-state index in [1.54, 1.807) is 25.2 Å². The summed E-state index contributed by atoms with van der Waals surface area (Å²) in [5, 5.41) is 21.2. The van der Waals surface area contributed by atoms with E-state index in [9.17, 15) is 5.11 Å². The Balaban J connectivity index is 2.92. The molecule has 66 valence electrons. The van der Waals surface area contributed by atoms with Crippen LogP contribution in [0, 0.1) is 0 Å². The number of phenols is 1. The first-order valence-corrected chi connectivity index (χ1v) is 3.85. The molecule has 3 heteroatoms. The van der Waals surface area contributed by atoms with E-state index in [1.807, 2.05) is 6.07 Å². The van der Waals surface area contributed by atoms with Crippen molar-refractivity contribution in [3.63, 3.8) is 0 Å². The number of nitrogens with one attached hydrogen (secondary N) is 1. The van der Waals surface area contributed by atoms with Crippen molar-refractivity contribution in [2.75, 3.05) is 13.7 Å². The number of aliphatic hydroxyl groups is 1. The summed E-state index contributed by atoms with van der Waals surface area (Å²) in [6.45, 7) is -0.0198. The molecule has 0 aliphatic rings. The van der Waals surface area contributed by atoms with Gasteiger partial charge in [-0.3, -0.25) is 0 Å². The third kappa shape index (κ3) is 1.75. The first-order valence-electron chi connectivity index (χ1n) is 3.85. The van der Waals surface area contributed by atoms with Crippen LogP contribution in [-0.4, -0.2) is 23.9 Å². The molecule has 1 rings (SSSR count). The molecule has 0 saturated carbocycles. The molecular formula is C9H13NO2. The van der Waals surface area contributed by atoms with Crippen molar-refractivity contribution in [3.8, 4) is 5.75 Å². The molecule has 0 aliphatic heterocycles. The third-order valence-corrected chi connectivity index (χ3v) is 1.84. The van der Waals surface area contributed by atoms with Gasteiger partial charge in [-0.15, -0.1) is 0 Å². The summed E-state index contributed by atoms with van der Waals surface area (Å²) in [4.78, 5) is 0. The van der Waals surface area contributed by atoms with Crippen molar-refractivity contribution < 1.29 is 10.2 Å². The average molecular weight is 167 g/mol. The Morgan fingerprint density at radius 2 is 2.08 bits per heavy atom. The molecule has 0 fully saturated rings. The summed E-state index contributed by atoms with van der Waals surface area (Å²) in [7, 11) is 1.74. The van der Waals surface area contributed by atoms with Gasteiger partial charge in [-0.05, 0) is 13.1 Å². The number of rotatable bonds is 3. The fourth-order valence-corrected chi connectivity index (χ4v) is 1.13. The summed E-state index contributed by atoms with van der Waals surface area (Å²) in [6, 6.07) is 6.78. The highest BCUT2D eigenvalue weighted by Crippen LogP contribution is 2.22. The topological polar surface area (TPSA) is 52.5 Å². The number of para-hydroxylation sites is 1. The van der Waals surface area contributed by atoms with Gasteiger partial charge in [0.05, 0.1) is 12.6 Å². The zero-order valence-corrected chi connectivity index (χ0v) is 6.99. The number of aliphatic hydroxyl groups excluding tert-OH is 1. The maximum absolute atomic E-state index is 9.39. The zero-order chi connectivity index (χ0) is 8.97. The average Bonchev–Trinajstić information content (AvgIpc) is 2.10. The number of hydrogen-bond donors (Lipinski definition) is 3. The van der Waals surface area contributed by atoms with Crippen LogP contribution in [0.25, 0.3) is 0 Å². The van der Waals surface area contributed by atoms with Crippen molar-refractivity contribution in [1.29, 1.82) is 0 Å². The summed E-state index contributed by atoms with van der Waals surface area (Å²) < 4.78 is 0. The van der Waals surface area contributed by atoms with Gasteiger partial charge >= 0.3 is 0 Å². The maximum Gasteiger partial charge on any atom is 0.120 e. The van der Waals surface area contributed by atoms with Crippen LogP contribution >= 0.6 is 0 Å². The lowest BCUT2D eigenvalue weighted by Crippen LogP contribution is -2.19. The minimum atomic E-state index is -0.189. The molecule has 1 atom stereocenters. The molecule has 0 aliphatic carbocycles. The summed E-state index contributed by atoms with van der Waals surface area (Å²) in [6.07, 6.45) is 0. The fourth-order valence-electron chi connectivity index (χ4n) is 1.13. The number of benzene rings is 1. The maximum atomic E-state index is 9.39. The lowest BCUT2D eigenvalue weighted by Gasteiger charge is -2.14. The Morgan fingerprint density at radius 3 is 2.58 bits per heavy atom. The highest BCUT2D eigenvalue weighted by molar-refractivity contribution is 5.34. The van der Waals surface area contributed by atoms with Crippen molar-refractivity contribution in [2.24, 2.45) is 0 Å². The van der Waals surface area contributed by atoms with Gasteiger partial charge in [-0.25, -0.2) is 0 Å². The summed E-state index contributed by atoms with van der Waals surface area (Å²) >= 11 is 0. The van der Waals surface area contributed by atoms with E-state index >= 15 is 0 Å². The Hall–Kier alpha value is -1.06. The molecular weight excluding hydrogens is 154 g/mol. The molecule has 0 heterocycles. The Morgan fingerprint density at radius 1 is 1.42 bits per heavy atom. The second-order valence-corrected chi connectivity index (χ2v) is 2.58. The molecule has 1 aromatic carbocycles. The van der Waals surface area contributed by atoms with Gasteiger partial charge in [0.1, 0.15) is 5.75 Å². The number of phenolic OH excluding ortho intramolecular Hbond substituents is 1. The molecule has 0 unspecified atom stereocenters. The predicted octanol–water partition coefficient (Wildman–Crippen LogP) is 0.645. The largest absolute Gasteiger partial charge is 0.508 e. The quantitative estimate of drug-likeness (QED) is 0.619. The fraction of sp³-hybridized carbons (Fsp3) is 0.333. The molecule has 0 bridgehead atoms. The normalized spacial score (nSPS) is 12.8. The highest BCUT2D eigenvalue weighted by Gasteiger charge is 2.10. The van der Waals surface area contributed by atoms with Gasteiger partial charge in [-0.2, -0.15) is 0 Å². The van der Waals surface area contributed by atoms with Gasteiger partial charge in [0, 0.05) is 5.56 Å². The first kappa shape index (κ1) is 9.03. The van der Waals surface area contributed by atoms with Crippen LogP contribution < -0.4 is 5.32 Å². The van der Waals surface area contributed by atoms with Gasteiger partial charge in [0.25, 0.3) is 0 Å². The van der Waals surface area contributed by atoms with E-state index < -0.39 is 0 Å². The Bertz CT molecular complexity index is 246. The first-order chi connectivity index (χ1) is 5.79. The van der Waals surface area contributed by atoms with Crippen LogP contribution in [0.3, 0.4) is 0 Å². The van der Waals surface area contributed by atoms with Crippen LogP contribution in [0.5, 0.6) is 5.75 Å². The predicted molar refractivity (Wildman–Crippen MR) is 47.0 cm³/mol. The third-order valence-electron chi connectivity index (χ3n) is 1.84. The van der Waals surface area contributed by atoms with Crippen LogP contribution in [0.2, 0.25) is 0 Å². The van der Waals surface area contributed by atoms with Crippen molar-refractivity contribution in [1.82, 2.24) is 5.32 Å². The summed E-state index contributed by atoms with van der Waals surface area (Å²) in [5.41, 5.74) is 0.725. The van der Waals surface area contributed by atoms with Crippen molar-refractivity contribution in [3.05, 3.63) is 29.8 Å². The van der Waals surface area contributed by atoms with Crippen LogP contribution in [0.4, 0.5) is 0 Å². The van der Waals surface area contributed by atoms with E-state index in [2.05, 4.69) is 5.32 Å². The van der Waals surface area contributed by atoms with Crippen molar-refractivity contribution in [2.45, 2.75) is 6.04 Å². The zero-order valence-electron chi connectivity index (χ0n) is 6.99. The SMILES string of the molecule is CN[C@@H](CO)c1ccccc1O. The van der Waals surface area contributed by atoms with E-state index in [4.69, 9.17) is 5.11 Å². The lowest BCUT2D eigenvalue weighted by molar-refractivity contribution is 0.248. The molecule has 0 spiro atoms. The number of likely N-dealkylation sites (N-methyl/N-ethyl adjacent to an activating group) is 1. The van der Waals surface area contributed by atoms with Crippen LogP contribution in [-0.2, 0) is 0 Å². The van der Waals surface area contributed by atoms with Gasteiger partial charge in [0.15, 0.2) is 0 Å². The minimum absolute atomic E-state index is 0.0198. The van der Waals surface area contributed by atoms with Gasteiger partial charge < -0.3 is 15.5 Å². The van der Waals surface area contributed by atoms with E-state index in [0.29, 0.717) is 0 Å². The number of aromatic hydroxyl groups is 1. The molecule has 0 aromatic heterocycles. The summed E-state index contributed by atoms with van der Waals surface area (Å²) in [5.74, 6) is 0.214. The van der Waals surface area contributed by atoms with Gasteiger partial charge in [0.2, 0.25) is 0 Å². The molecule has 3 N–H and O–H groups in total. The van der Waals surface area contributed by atoms with E-state index in [-0.39, 0.29) is 18.4 Å². The molecule has 12 heavy (non-hydrogen) atoms. The van der Waals surface area contributed by atoms with E-state index in [1.165, 1.54) is 0 Å². The minimum Gasteiger partial charge on any atom is -0.508 e. The van der Waals surface area contributed by atoms with E-state index in [0.717, 1.165) is 5.56 Å². The standard InChI is InChI=1S/C9H13NO2/c1-10-8(6-11)7-4-2-3-5-9(7)12/h2-5,8,10-12H,6H2,1H3/t8-/m0/s1. The van der Waals surface area contributed by atoms with Gasteiger partial charge in [-0.1, -0.05) is 18.2 Å². The monoisotopic (exact) mass is 167 g/mol. The molecule has 0 amide bonds. The Kier molecular flexibility index (Phi) is 3.08. The highest BCUT2D eigenvalue weighted by atomic mass is 16.3. The lowest BCUT2D eigenvalue weighted by atomic mass is 10.1. The van der Waals surface area contributed by atoms with Crippen LogP contribution in [0.1, 0.15) is 11.6 Å². The second kappa shape index (κ2) is 4.09. The number of hydrogen-bond acceptors (Lipinski definition) is 3. The van der Waals surface area contributed by atoms with Crippen LogP contribution in [0.15, 0.2) is 24.3 Å². The van der Waals surface area contributed by atoms with Crippen molar-refractivity contribution >= 4 is 0 Å². The smallest absolute Gasteiger partial charge is 0.120 e. The Labute approximate surface area is 71.7 Å².